The number of aryl methyl sites for hydroxylation is 1. The highest BCUT2D eigenvalue weighted by Gasteiger charge is 2.11. The molecule has 144 valence electrons. The molecule has 0 aliphatic carbocycles. The Bertz CT molecular complexity index is 1120. The zero-order valence-corrected chi connectivity index (χ0v) is 16.0. The number of anilines is 1. The van der Waals surface area contributed by atoms with Gasteiger partial charge in [0.05, 0.1) is 0 Å². The first-order valence-corrected chi connectivity index (χ1v) is 9.13. The van der Waals surface area contributed by atoms with Crippen molar-refractivity contribution in [2.45, 2.75) is 13.8 Å². The largest absolute Gasteiger partial charge is 0.457 e. The number of amides is 1. The molecule has 0 saturated carbocycles. The van der Waals surface area contributed by atoms with Crippen molar-refractivity contribution < 1.29 is 14.1 Å². The van der Waals surface area contributed by atoms with Gasteiger partial charge in [0.25, 0.3) is 5.89 Å². The van der Waals surface area contributed by atoms with E-state index in [9.17, 15) is 4.79 Å². The second-order valence-electron chi connectivity index (χ2n) is 6.62. The molecule has 6 heteroatoms. The van der Waals surface area contributed by atoms with Crippen molar-refractivity contribution in [1.82, 2.24) is 10.1 Å². The van der Waals surface area contributed by atoms with Crippen LogP contribution in [0.4, 0.5) is 5.69 Å². The summed E-state index contributed by atoms with van der Waals surface area (Å²) in [7, 11) is 0. The van der Waals surface area contributed by atoms with Crippen LogP contribution in [-0.4, -0.2) is 16.0 Å². The second-order valence-corrected chi connectivity index (χ2v) is 6.62. The average molecular weight is 385 g/mol. The zero-order valence-electron chi connectivity index (χ0n) is 16.0. The molecule has 29 heavy (non-hydrogen) atoms. The van der Waals surface area contributed by atoms with E-state index in [1.54, 1.807) is 24.3 Å². The molecule has 0 bridgehead atoms. The number of aromatic nitrogens is 2. The van der Waals surface area contributed by atoms with Crippen LogP contribution in [0, 0.1) is 6.92 Å². The summed E-state index contributed by atoms with van der Waals surface area (Å²) in [4.78, 5) is 15.5. The van der Waals surface area contributed by atoms with Crippen molar-refractivity contribution in [3.05, 3.63) is 78.4 Å². The van der Waals surface area contributed by atoms with E-state index in [4.69, 9.17) is 9.26 Å². The number of nitrogens with one attached hydrogen (secondary N) is 1. The van der Waals surface area contributed by atoms with Gasteiger partial charge in [-0.1, -0.05) is 22.9 Å². The maximum atomic E-state index is 11.1. The fourth-order valence-corrected chi connectivity index (χ4v) is 2.77. The van der Waals surface area contributed by atoms with E-state index in [-0.39, 0.29) is 5.91 Å². The topological polar surface area (TPSA) is 77.2 Å². The monoisotopic (exact) mass is 385 g/mol. The van der Waals surface area contributed by atoms with Gasteiger partial charge >= 0.3 is 0 Å². The van der Waals surface area contributed by atoms with Gasteiger partial charge in [-0.15, -0.1) is 0 Å². The molecule has 0 spiro atoms. The third kappa shape index (κ3) is 4.50. The number of carbonyl (C=O) groups excluding carboxylic acids is 1. The van der Waals surface area contributed by atoms with Gasteiger partial charge in [-0.25, -0.2) is 0 Å². The van der Waals surface area contributed by atoms with Crippen LogP contribution >= 0.6 is 0 Å². The molecule has 6 nitrogen and oxygen atoms in total. The molecule has 3 aromatic carbocycles. The lowest BCUT2D eigenvalue weighted by Gasteiger charge is -2.07. The molecule has 0 fully saturated rings. The third-order valence-corrected chi connectivity index (χ3v) is 4.25. The molecular formula is C23H19N3O3. The van der Waals surface area contributed by atoms with E-state index in [1.807, 2.05) is 55.5 Å². The molecule has 4 rings (SSSR count). The quantitative estimate of drug-likeness (QED) is 0.493. The third-order valence-electron chi connectivity index (χ3n) is 4.25. The van der Waals surface area contributed by atoms with Crippen LogP contribution in [0.5, 0.6) is 11.5 Å². The van der Waals surface area contributed by atoms with Gasteiger partial charge in [0.1, 0.15) is 11.5 Å². The van der Waals surface area contributed by atoms with E-state index < -0.39 is 0 Å². The minimum absolute atomic E-state index is 0.110. The van der Waals surface area contributed by atoms with Gasteiger partial charge in [0.2, 0.25) is 11.7 Å². The minimum Gasteiger partial charge on any atom is -0.457 e. The van der Waals surface area contributed by atoms with Crippen molar-refractivity contribution >= 4 is 11.6 Å². The van der Waals surface area contributed by atoms with E-state index in [1.165, 1.54) is 12.5 Å². The van der Waals surface area contributed by atoms with Crippen molar-refractivity contribution in [3.8, 4) is 34.3 Å². The van der Waals surface area contributed by atoms with Crippen LogP contribution in [0.1, 0.15) is 12.5 Å². The number of carbonyl (C=O) groups is 1. The van der Waals surface area contributed by atoms with Crippen LogP contribution in [0.25, 0.3) is 22.8 Å². The maximum absolute atomic E-state index is 11.1. The van der Waals surface area contributed by atoms with Crippen molar-refractivity contribution in [2.75, 3.05) is 5.32 Å². The lowest BCUT2D eigenvalue weighted by Crippen LogP contribution is -2.05. The summed E-state index contributed by atoms with van der Waals surface area (Å²) in [5.41, 5.74) is 3.62. The molecule has 1 heterocycles. The Morgan fingerprint density at radius 1 is 0.862 bits per heavy atom. The van der Waals surface area contributed by atoms with Crippen molar-refractivity contribution in [2.24, 2.45) is 0 Å². The summed E-state index contributed by atoms with van der Waals surface area (Å²) in [6.07, 6.45) is 0. The van der Waals surface area contributed by atoms with E-state index in [2.05, 4.69) is 15.5 Å². The summed E-state index contributed by atoms with van der Waals surface area (Å²) < 4.78 is 11.2. The van der Waals surface area contributed by atoms with Gasteiger partial charge in [0.15, 0.2) is 0 Å². The number of rotatable bonds is 5. The van der Waals surface area contributed by atoms with Crippen LogP contribution in [-0.2, 0) is 4.79 Å². The van der Waals surface area contributed by atoms with E-state index >= 15 is 0 Å². The molecule has 1 aromatic heterocycles. The fourth-order valence-electron chi connectivity index (χ4n) is 2.77. The van der Waals surface area contributed by atoms with Gasteiger partial charge < -0.3 is 14.6 Å². The summed E-state index contributed by atoms with van der Waals surface area (Å²) >= 11 is 0. The zero-order chi connectivity index (χ0) is 20.2. The molecule has 0 saturated heterocycles. The molecular weight excluding hydrogens is 366 g/mol. The lowest BCUT2D eigenvalue weighted by atomic mass is 10.1. The van der Waals surface area contributed by atoms with Gasteiger partial charge in [0, 0.05) is 23.7 Å². The minimum atomic E-state index is -0.110. The van der Waals surface area contributed by atoms with Crippen molar-refractivity contribution in [3.63, 3.8) is 0 Å². The highest BCUT2D eigenvalue weighted by atomic mass is 16.5. The van der Waals surface area contributed by atoms with Crippen molar-refractivity contribution in [1.29, 1.82) is 0 Å². The normalized spacial score (nSPS) is 10.6. The summed E-state index contributed by atoms with van der Waals surface area (Å²) in [6.45, 7) is 3.50. The Morgan fingerprint density at radius 2 is 1.45 bits per heavy atom. The molecule has 1 N–H and O–H groups in total. The van der Waals surface area contributed by atoms with Crippen LogP contribution in [0.3, 0.4) is 0 Å². The first-order valence-electron chi connectivity index (χ1n) is 9.13. The van der Waals surface area contributed by atoms with Gasteiger partial charge in [-0.2, -0.15) is 4.98 Å². The summed E-state index contributed by atoms with van der Waals surface area (Å²) in [5, 5.41) is 6.79. The Balaban J connectivity index is 1.45. The average Bonchev–Trinajstić information content (AvgIpc) is 3.20. The predicted molar refractivity (Wildman–Crippen MR) is 111 cm³/mol. The highest BCUT2D eigenvalue weighted by molar-refractivity contribution is 5.88. The highest BCUT2D eigenvalue weighted by Crippen LogP contribution is 2.27. The molecule has 1 amide bonds. The second kappa shape index (κ2) is 7.98. The molecule has 0 aliphatic heterocycles. The number of hydrogen-bond acceptors (Lipinski definition) is 5. The Labute approximate surface area is 168 Å². The van der Waals surface area contributed by atoms with E-state index in [0.717, 1.165) is 16.8 Å². The van der Waals surface area contributed by atoms with Crippen LogP contribution < -0.4 is 10.1 Å². The Hall–Kier alpha value is -3.93. The molecule has 0 aliphatic rings. The Kier molecular flexibility index (Phi) is 5.07. The Morgan fingerprint density at radius 3 is 2.07 bits per heavy atom. The number of hydrogen-bond donors (Lipinski definition) is 1. The van der Waals surface area contributed by atoms with Gasteiger partial charge in [-0.3, -0.25) is 4.79 Å². The maximum Gasteiger partial charge on any atom is 0.258 e. The fraction of sp³-hybridized carbons (Fsp3) is 0.0870. The molecule has 0 atom stereocenters. The molecule has 0 radical (unpaired) electrons. The number of ether oxygens (including phenoxy) is 1. The predicted octanol–water partition coefficient (Wildman–Crippen LogP) is 5.46. The van der Waals surface area contributed by atoms with E-state index in [0.29, 0.717) is 23.2 Å². The standard InChI is InChI=1S/C23H19N3O3/c1-15-3-5-18(6-4-15)23-25-22(26-29-23)17-7-11-20(12-8-17)28-21-13-9-19(10-14-21)24-16(2)27/h3-14H,1-2H3,(H,24,27). The van der Waals surface area contributed by atoms with Crippen LogP contribution in [0.2, 0.25) is 0 Å². The SMILES string of the molecule is CC(=O)Nc1ccc(Oc2ccc(-c3noc(-c4ccc(C)cc4)n3)cc2)cc1. The number of benzene rings is 3. The first-order chi connectivity index (χ1) is 14.1. The molecule has 0 unspecified atom stereocenters. The van der Waals surface area contributed by atoms with Crippen LogP contribution in [0.15, 0.2) is 77.3 Å². The summed E-state index contributed by atoms with van der Waals surface area (Å²) in [6, 6.07) is 22.6. The lowest BCUT2D eigenvalue weighted by molar-refractivity contribution is -0.114. The first kappa shape index (κ1) is 18.4. The van der Waals surface area contributed by atoms with Gasteiger partial charge in [-0.05, 0) is 67.6 Å². The number of nitrogens with zero attached hydrogens (tertiary/aromatic N) is 2. The summed E-state index contributed by atoms with van der Waals surface area (Å²) in [5.74, 6) is 2.25. The molecule has 4 aromatic rings. The smallest absolute Gasteiger partial charge is 0.258 e.